The second kappa shape index (κ2) is 5.00. The highest BCUT2D eigenvalue weighted by atomic mass is 16.5. The van der Waals surface area contributed by atoms with Crippen LogP contribution in [-0.4, -0.2) is 7.11 Å². The van der Waals surface area contributed by atoms with Crippen LogP contribution in [0.15, 0.2) is 36.4 Å². The van der Waals surface area contributed by atoms with Crippen molar-refractivity contribution in [1.29, 1.82) is 10.5 Å². The smallest absolute Gasteiger partial charge is 0.150 e. The van der Waals surface area contributed by atoms with Crippen molar-refractivity contribution in [1.82, 2.24) is 0 Å². The zero-order chi connectivity index (χ0) is 13.9. The van der Waals surface area contributed by atoms with Gasteiger partial charge in [-0.15, -0.1) is 0 Å². The Hall–Kier alpha value is -2.52. The number of hydrogen-bond acceptors (Lipinski definition) is 3. The Balaban J connectivity index is 2.56. The number of allylic oxidation sites excluding steroid dienone is 2. The van der Waals surface area contributed by atoms with Crippen LogP contribution in [0.2, 0.25) is 0 Å². The maximum Gasteiger partial charge on any atom is 0.150 e. The fraction of sp³-hybridized carbons (Fsp3) is 0.250. The average Bonchev–Trinajstić information content (AvgIpc) is 2.66. The van der Waals surface area contributed by atoms with Gasteiger partial charge in [-0.3, -0.25) is 0 Å². The Morgan fingerprint density at radius 3 is 2.53 bits per heavy atom. The minimum atomic E-state index is -1.09. The molecule has 1 aliphatic rings. The Labute approximate surface area is 113 Å². The number of nitrogens with zero attached hydrogens (tertiary/aromatic N) is 2. The minimum absolute atomic E-state index is 0.301. The van der Waals surface area contributed by atoms with E-state index in [0.717, 1.165) is 11.1 Å². The summed E-state index contributed by atoms with van der Waals surface area (Å²) in [6.45, 7) is 1.64. The first-order valence-electron chi connectivity index (χ1n) is 6.00. The van der Waals surface area contributed by atoms with Gasteiger partial charge in [-0.1, -0.05) is 36.4 Å². The van der Waals surface area contributed by atoms with Crippen molar-refractivity contribution in [3.8, 4) is 12.1 Å². The summed E-state index contributed by atoms with van der Waals surface area (Å²) in [5.74, 6) is 0.396. The second-order valence-electron chi connectivity index (χ2n) is 4.63. The van der Waals surface area contributed by atoms with Crippen LogP contribution >= 0.6 is 0 Å². The molecule has 0 heterocycles. The first-order valence-corrected chi connectivity index (χ1v) is 6.00. The highest BCUT2D eigenvalue weighted by molar-refractivity contribution is 5.73. The first kappa shape index (κ1) is 12.9. The maximum atomic E-state index is 9.23. The van der Waals surface area contributed by atoms with E-state index in [1.165, 1.54) is 0 Å². The third-order valence-corrected chi connectivity index (χ3v) is 3.39. The van der Waals surface area contributed by atoms with Crippen LogP contribution in [-0.2, 0) is 4.74 Å². The van der Waals surface area contributed by atoms with Crippen molar-refractivity contribution in [2.75, 3.05) is 7.11 Å². The summed E-state index contributed by atoms with van der Waals surface area (Å²) >= 11 is 0. The van der Waals surface area contributed by atoms with Gasteiger partial charge < -0.3 is 4.74 Å². The molecule has 1 aliphatic carbocycles. The molecule has 0 spiro atoms. The predicted octanol–water partition coefficient (Wildman–Crippen LogP) is 3.37. The maximum absolute atomic E-state index is 9.23. The molecule has 94 valence electrons. The molecule has 0 aliphatic heterocycles. The van der Waals surface area contributed by atoms with E-state index in [2.05, 4.69) is 12.1 Å². The minimum Gasteiger partial charge on any atom is -0.496 e. The van der Waals surface area contributed by atoms with E-state index in [0.29, 0.717) is 5.76 Å². The molecule has 0 aromatic heterocycles. The molecule has 0 fully saturated rings. The number of methoxy groups -OCH3 is 1. The van der Waals surface area contributed by atoms with E-state index < -0.39 is 5.41 Å². The van der Waals surface area contributed by atoms with Gasteiger partial charge in [0.1, 0.15) is 5.76 Å². The van der Waals surface area contributed by atoms with Crippen molar-refractivity contribution < 1.29 is 4.74 Å². The molecule has 0 radical (unpaired) electrons. The van der Waals surface area contributed by atoms with E-state index in [9.17, 15) is 10.5 Å². The predicted molar refractivity (Wildman–Crippen MR) is 73.3 cm³/mol. The number of nitriles is 2. The van der Waals surface area contributed by atoms with Gasteiger partial charge in [0, 0.05) is 11.5 Å². The molecule has 1 unspecified atom stereocenters. The lowest BCUT2D eigenvalue weighted by Crippen LogP contribution is -2.20. The number of ether oxygens (including phenoxy) is 1. The monoisotopic (exact) mass is 250 g/mol. The van der Waals surface area contributed by atoms with E-state index >= 15 is 0 Å². The summed E-state index contributed by atoms with van der Waals surface area (Å²) in [5.41, 5.74) is 0.904. The fourth-order valence-corrected chi connectivity index (χ4v) is 2.09. The highest BCUT2D eigenvalue weighted by Crippen LogP contribution is 2.35. The van der Waals surface area contributed by atoms with Crippen molar-refractivity contribution in [2.24, 2.45) is 11.3 Å². The summed E-state index contributed by atoms with van der Waals surface area (Å²) in [6, 6.07) is 12.0. The Bertz CT molecular complexity index is 615. The summed E-state index contributed by atoms with van der Waals surface area (Å²) in [6.07, 6.45) is 5.67. The molecule has 0 amide bonds. The van der Waals surface area contributed by atoms with Crippen LogP contribution in [0.5, 0.6) is 0 Å². The summed E-state index contributed by atoms with van der Waals surface area (Å²) in [7, 11) is 1.60. The molecule has 19 heavy (non-hydrogen) atoms. The Morgan fingerprint density at radius 1 is 1.21 bits per heavy atom. The molecule has 0 saturated carbocycles. The van der Waals surface area contributed by atoms with Crippen LogP contribution in [0.3, 0.4) is 0 Å². The van der Waals surface area contributed by atoms with Crippen molar-refractivity contribution >= 4 is 11.8 Å². The molecule has 1 aromatic rings. The Morgan fingerprint density at radius 2 is 1.89 bits per heavy atom. The fourth-order valence-electron chi connectivity index (χ4n) is 2.09. The molecule has 1 atom stereocenters. The number of hydrogen-bond donors (Lipinski definition) is 0. The summed E-state index contributed by atoms with van der Waals surface area (Å²) in [5, 5.41) is 18.5. The molecule has 2 rings (SSSR count). The van der Waals surface area contributed by atoms with Gasteiger partial charge >= 0.3 is 0 Å². The summed E-state index contributed by atoms with van der Waals surface area (Å²) in [4.78, 5) is 0. The van der Waals surface area contributed by atoms with Gasteiger partial charge in [0.05, 0.1) is 19.2 Å². The number of rotatable bonds is 2. The molecular weight excluding hydrogens is 236 g/mol. The van der Waals surface area contributed by atoms with Crippen LogP contribution < -0.4 is 0 Å². The molecule has 3 heteroatoms. The van der Waals surface area contributed by atoms with Gasteiger partial charge in [0.2, 0.25) is 0 Å². The van der Waals surface area contributed by atoms with Gasteiger partial charge in [-0.2, -0.15) is 10.5 Å². The van der Waals surface area contributed by atoms with E-state index in [1.54, 1.807) is 14.0 Å². The molecule has 3 nitrogen and oxygen atoms in total. The van der Waals surface area contributed by atoms with Crippen LogP contribution in [0, 0.1) is 34.0 Å². The van der Waals surface area contributed by atoms with Crippen LogP contribution in [0.1, 0.15) is 18.1 Å². The Kier molecular flexibility index (Phi) is 3.40. The lowest BCUT2D eigenvalue weighted by atomic mass is 9.79. The number of fused-ring (bicyclic) bond motifs is 1. The van der Waals surface area contributed by atoms with Gasteiger partial charge in [0.25, 0.3) is 0 Å². The lowest BCUT2D eigenvalue weighted by Gasteiger charge is -2.19. The van der Waals surface area contributed by atoms with Crippen LogP contribution in [0.4, 0.5) is 0 Å². The summed E-state index contributed by atoms with van der Waals surface area (Å²) < 4.78 is 5.41. The first-order chi connectivity index (χ1) is 9.14. The average molecular weight is 250 g/mol. The van der Waals surface area contributed by atoms with Gasteiger partial charge in [0.15, 0.2) is 5.41 Å². The molecule has 0 N–H and O–H groups in total. The highest BCUT2D eigenvalue weighted by Gasteiger charge is 2.33. The van der Waals surface area contributed by atoms with Crippen molar-refractivity contribution in [3.05, 3.63) is 47.5 Å². The molecule has 0 saturated heterocycles. The topological polar surface area (TPSA) is 56.8 Å². The second-order valence-corrected chi connectivity index (χ2v) is 4.63. The van der Waals surface area contributed by atoms with Crippen LogP contribution in [0.25, 0.3) is 11.8 Å². The quantitative estimate of drug-likeness (QED) is 0.808. The van der Waals surface area contributed by atoms with Crippen molar-refractivity contribution in [3.63, 3.8) is 0 Å². The third kappa shape index (κ3) is 2.23. The van der Waals surface area contributed by atoms with E-state index in [-0.39, 0.29) is 5.92 Å². The van der Waals surface area contributed by atoms with E-state index in [1.807, 2.05) is 42.5 Å². The SMILES string of the molecule is COC1=CC(C(C)(C#N)C#N)C=Cc2ccccc21. The van der Waals surface area contributed by atoms with Gasteiger partial charge in [-0.05, 0) is 18.6 Å². The largest absolute Gasteiger partial charge is 0.496 e. The normalized spacial score (nSPS) is 17.5. The molecular formula is C16H14N2O. The van der Waals surface area contributed by atoms with Gasteiger partial charge in [-0.25, -0.2) is 0 Å². The number of benzene rings is 1. The van der Waals surface area contributed by atoms with Crippen molar-refractivity contribution in [2.45, 2.75) is 6.92 Å². The lowest BCUT2D eigenvalue weighted by molar-refractivity contribution is 0.363. The third-order valence-electron chi connectivity index (χ3n) is 3.39. The molecule has 1 aromatic carbocycles. The standard InChI is InChI=1S/C16H14N2O/c1-16(10-17,11-18)13-8-7-12-5-3-4-6-14(12)15(9-13)19-2/h3-9,13H,1-2H3. The molecule has 0 bridgehead atoms. The zero-order valence-electron chi connectivity index (χ0n) is 10.9. The van der Waals surface area contributed by atoms with E-state index in [4.69, 9.17) is 4.74 Å². The zero-order valence-corrected chi connectivity index (χ0v) is 10.9.